The Morgan fingerprint density at radius 3 is 2.16 bits per heavy atom. The fourth-order valence-electron chi connectivity index (χ4n) is 7.74. The number of amides is 1. The van der Waals surface area contributed by atoms with Crippen LogP contribution >= 0.6 is 0 Å². The van der Waals surface area contributed by atoms with Gasteiger partial charge in [0.05, 0.1) is 12.1 Å². The van der Waals surface area contributed by atoms with Crippen molar-refractivity contribution in [3.8, 4) is 0 Å². The van der Waals surface area contributed by atoms with Crippen LogP contribution in [0.5, 0.6) is 0 Å². The van der Waals surface area contributed by atoms with Gasteiger partial charge < -0.3 is 14.9 Å². The number of carbonyl (C=O) groups excluding carboxylic acids is 1. The van der Waals surface area contributed by atoms with Crippen molar-refractivity contribution in [1.29, 1.82) is 0 Å². The molecule has 3 aliphatic heterocycles. The van der Waals surface area contributed by atoms with E-state index in [0.717, 1.165) is 63.6 Å². The third-order valence-electron chi connectivity index (χ3n) is 9.68. The van der Waals surface area contributed by atoms with E-state index >= 15 is 0 Å². The van der Waals surface area contributed by atoms with Gasteiger partial charge in [-0.2, -0.15) is 0 Å². The fraction of sp³-hybridized carbons (Fsp3) is 0.963. The molecule has 3 heterocycles. The molecule has 3 atom stereocenters. The van der Waals surface area contributed by atoms with Crippen LogP contribution in [-0.2, 0) is 4.79 Å². The van der Waals surface area contributed by atoms with Crippen molar-refractivity contribution < 1.29 is 9.90 Å². The van der Waals surface area contributed by atoms with Crippen LogP contribution in [0.1, 0.15) is 89.9 Å². The molecule has 5 fully saturated rings. The van der Waals surface area contributed by atoms with Crippen molar-refractivity contribution in [2.24, 2.45) is 17.8 Å². The summed E-state index contributed by atoms with van der Waals surface area (Å²) in [7, 11) is 0. The van der Waals surface area contributed by atoms with Crippen molar-refractivity contribution in [3.05, 3.63) is 0 Å². The van der Waals surface area contributed by atoms with E-state index in [4.69, 9.17) is 0 Å². The van der Waals surface area contributed by atoms with Crippen LogP contribution in [0.2, 0.25) is 0 Å². The second-order valence-electron chi connectivity index (χ2n) is 11.9. The molecule has 1 N–H and O–H groups in total. The number of hydrogen-bond donors (Lipinski definition) is 1. The Morgan fingerprint density at radius 1 is 0.719 bits per heavy atom. The zero-order valence-electron chi connectivity index (χ0n) is 20.3. The smallest absolute Gasteiger partial charge is 0.239 e. The van der Waals surface area contributed by atoms with Crippen LogP contribution in [0.15, 0.2) is 0 Å². The normalized spacial score (nSPS) is 38.0. The van der Waals surface area contributed by atoms with Gasteiger partial charge in [0.25, 0.3) is 0 Å². The Hall–Kier alpha value is -0.650. The highest BCUT2D eigenvalue weighted by atomic mass is 16.3. The van der Waals surface area contributed by atoms with E-state index in [0.29, 0.717) is 17.9 Å². The number of rotatable bonds is 5. The summed E-state index contributed by atoms with van der Waals surface area (Å²) in [6, 6.07) is 0.773. The van der Waals surface area contributed by atoms with Crippen LogP contribution in [0.4, 0.5) is 0 Å². The van der Waals surface area contributed by atoms with Crippen molar-refractivity contribution in [2.75, 3.05) is 39.3 Å². The van der Waals surface area contributed by atoms with Crippen LogP contribution in [-0.4, -0.2) is 83.2 Å². The van der Waals surface area contributed by atoms with E-state index < -0.39 is 0 Å². The predicted octanol–water partition coefficient (Wildman–Crippen LogP) is 3.90. The summed E-state index contributed by atoms with van der Waals surface area (Å²) in [5.74, 6) is 2.65. The molecule has 0 aromatic heterocycles. The maximum absolute atomic E-state index is 13.8. The van der Waals surface area contributed by atoms with Gasteiger partial charge >= 0.3 is 0 Å². The summed E-state index contributed by atoms with van der Waals surface area (Å²) in [5, 5.41) is 9.93. The number of likely N-dealkylation sites (tertiary alicyclic amines) is 3. The maximum atomic E-state index is 13.8. The highest BCUT2D eigenvalue weighted by molar-refractivity contribution is 5.82. The minimum Gasteiger partial charge on any atom is -0.393 e. The van der Waals surface area contributed by atoms with Gasteiger partial charge in [0, 0.05) is 32.2 Å². The minimum atomic E-state index is -0.0871. The molecule has 182 valence electrons. The lowest BCUT2D eigenvalue weighted by Gasteiger charge is -2.40. The highest BCUT2D eigenvalue weighted by Crippen LogP contribution is 2.42. The lowest BCUT2D eigenvalue weighted by Crippen LogP contribution is -2.52. The molecule has 3 saturated heterocycles. The van der Waals surface area contributed by atoms with Crippen LogP contribution in [0, 0.1) is 17.8 Å². The molecule has 0 bridgehead atoms. The summed E-state index contributed by atoms with van der Waals surface area (Å²) in [4.78, 5) is 21.4. The first-order chi connectivity index (χ1) is 15.7. The molecule has 3 unspecified atom stereocenters. The molecule has 0 radical (unpaired) electrons. The summed E-state index contributed by atoms with van der Waals surface area (Å²) in [5.41, 5.74) is 0. The number of hydrogen-bond acceptors (Lipinski definition) is 4. The van der Waals surface area contributed by atoms with Gasteiger partial charge in [-0.15, -0.1) is 0 Å². The van der Waals surface area contributed by atoms with Gasteiger partial charge in [0.2, 0.25) is 5.91 Å². The van der Waals surface area contributed by atoms with Crippen LogP contribution in [0.25, 0.3) is 0 Å². The quantitative estimate of drug-likeness (QED) is 0.697. The van der Waals surface area contributed by atoms with E-state index in [1.165, 1.54) is 77.4 Å². The minimum absolute atomic E-state index is 0.0871. The number of aliphatic hydroxyl groups excluding tert-OH is 1. The van der Waals surface area contributed by atoms with Gasteiger partial charge in [-0.25, -0.2) is 0 Å². The molecule has 0 spiro atoms. The molecule has 5 aliphatic rings. The van der Waals surface area contributed by atoms with E-state index in [2.05, 4.69) is 14.7 Å². The zero-order chi connectivity index (χ0) is 21.9. The third-order valence-corrected chi connectivity index (χ3v) is 9.68. The topological polar surface area (TPSA) is 47.0 Å². The van der Waals surface area contributed by atoms with Crippen LogP contribution in [0.3, 0.4) is 0 Å². The van der Waals surface area contributed by atoms with Crippen molar-refractivity contribution in [3.63, 3.8) is 0 Å². The lowest BCUT2D eigenvalue weighted by molar-refractivity contribution is -0.138. The highest BCUT2D eigenvalue weighted by Gasteiger charge is 2.47. The molecule has 5 heteroatoms. The van der Waals surface area contributed by atoms with E-state index in [1.807, 2.05) is 0 Å². The average Bonchev–Trinajstić information content (AvgIpc) is 3.19. The van der Waals surface area contributed by atoms with E-state index in [1.54, 1.807) is 0 Å². The van der Waals surface area contributed by atoms with Crippen molar-refractivity contribution >= 4 is 5.91 Å². The number of carbonyl (C=O) groups is 1. The molecule has 2 aliphatic carbocycles. The number of nitrogens with zero attached hydrogens (tertiary/aromatic N) is 3. The second-order valence-corrected chi connectivity index (χ2v) is 11.9. The Morgan fingerprint density at radius 2 is 1.41 bits per heavy atom. The Labute approximate surface area is 195 Å². The van der Waals surface area contributed by atoms with Crippen molar-refractivity contribution in [2.45, 2.75) is 108 Å². The van der Waals surface area contributed by atoms with Gasteiger partial charge in [-0.1, -0.05) is 19.3 Å². The molecule has 2 saturated carbocycles. The molecule has 5 rings (SSSR count). The van der Waals surface area contributed by atoms with E-state index in [-0.39, 0.29) is 12.1 Å². The van der Waals surface area contributed by atoms with Gasteiger partial charge in [-0.3, -0.25) is 9.69 Å². The number of aliphatic hydroxyl groups is 1. The number of fused-ring (bicyclic) bond motifs is 1. The Balaban J connectivity index is 1.17. The lowest BCUT2D eigenvalue weighted by atomic mass is 9.84. The first-order valence-corrected chi connectivity index (χ1v) is 14.1. The SMILES string of the molecule is O=C(C1CC2CCCCC2N1CC1CCC(O)CC1)N1CCC(CN2CCCCC2)CC1. The molecular weight excluding hydrogens is 398 g/mol. The van der Waals surface area contributed by atoms with Gasteiger partial charge in [-0.05, 0) is 101 Å². The first-order valence-electron chi connectivity index (χ1n) is 14.1. The summed E-state index contributed by atoms with van der Waals surface area (Å²) in [6.45, 7) is 6.89. The molecule has 1 amide bonds. The fourth-order valence-corrected chi connectivity index (χ4v) is 7.74. The Bertz CT molecular complexity index is 606. The number of piperidine rings is 2. The first kappa shape index (κ1) is 23.1. The summed E-state index contributed by atoms with van der Waals surface area (Å²) >= 11 is 0. The maximum Gasteiger partial charge on any atom is 0.239 e. The zero-order valence-corrected chi connectivity index (χ0v) is 20.3. The molecule has 5 nitrogen and oxygen atoms in total. The molecule has 0 aromatic rings. The molecule has 0 aromatic carbocycles. The van der Waals surface area contributed by atoms with Crippen molar-refractivity contribution in [1.82, 2.24) is 14.7 Å². The predicted molar refractivity (Wildman–Crippen MR) is 128 cm³/mol. The largest absolute Gasteiger partial charge is 0.393 e. The Kier molecular flexibility index (Phi) is 7.75. The molecular formula is C27H47N3O2. The third kappa shape index (κ3) is 5.36. The standard InChI is InChI=1S/C27H47N3O2/c31-24-10-8-21(9-11-24)20-30-25-7-3-2-6-23(25)18-26(30)27(32)29-16-12-22(13-17-29)19-28-14-4-1-5-15-28/h21-26,31H,1-20H2. The average molecular weight is 446 g/mol. The monoisotopic (exact) mass is 445 g/mol. The summed E-state index contributed by atoms with van der Waals surface area (Å²) in [6.07, 6.45) is 17.1. The van der Waals surface area contributed by atoms with E-state index in [9.17, 15) is 9.90 Å². The van der Waals surface area contributed by atoms with Crippen LogP contribution < -0.4 is 0 Å². The molecule has 32 heavy (non-hydrogen) atoms. The van der Waals surface area contributed by atoms with Gasteiger partial charge in [0.15, 0.2) is 0 Å². The second kappa shape index (κ2) is 10.7. The van der Waals surface area contributed by atoms with Gasteiger partial charge in [0.1, 0.15) is 0 Å². The summed E-state index contributed by atoms with van der Waals surface area (Å²) < 4.78 is 0.